The molecule has 0 bridgehead atoms. The minimum absolute atomic E-state index is 0.736. The summed E-state index contributed by atoms with van der Waals surface area (Å²) in [7, 11) is 0. The Hall–Kier alpha value is -0.0800. The predicted octanol–water partition coefficient (Wildman–Crippen LogP) is 2.10. The number of hydrogen-bond acceptors (Lipinski definition) is 1. The number of nitrogens with zero attached hydrogens (tertiary/aromatic N) is 2. The lowest BCUT2D eigenvalue weighted by molar-refractivity contribution is -0.962. The Morgan fingerprint density at radius 1 is 1.13 bits per heavy atom. The molecular formula is C13H27N2+. The molecule has 0 aliphatic carbocycles. The Morgan fingerprint density at radius 3 is 2.47 bits per heavy atom. The maximum absolute atomic E-state index is 2.68. The number of piperazine rings is 1. The van der Waals surface area contributed by atoms with E-state index in [1.807, 2.05) is 0 Å². The Morgan fingerprint density at radius 2 is 1.87 bits per heavy atom. The molecule has 0 N–H and O–H groups in total. The van der Waals surface area contributed by atoms with Crippen molar-refractivity contribution >= 4 is 0 Å². The van der Waals surface area contributed by atoms with Gasteiger partial charge in [0.25, 0.3) is 0 Å². The molecule has 0 aromatic heterocycles. The van der Waals surface area contributed by atoms with E-state index < -0.39 is 0 Å². The zero-order valence-electron chi connectivity index (χ0n) is 10.9. The van der Waals surface area contributed by atoms with Crippen LogP contribution in [0.4, 0.5) is 0 Å². The van der Waals surface area contributed by atoms with Gasteiger partial charge in [0.2, 0.25) is 0 Å². The SMILES string of the molecule is CC(C)N1CC[N@@+]2(C(C)C)CCC[C@H]2C1. The van der Waals surface area contributed by atoms with Gasteiger partial charge in [-0.3, -0.25) is 4.90 Å². The van der Waals surface area contributed by atoms with Crippen LogP contribution in [0.1, 0.15) is 40.5 Å². The summed E-state index contributed by atoms with van der Waals surface area (Å²) in [5.74, 6) is 0. The highest BCUT2D eigenvalue weighted by molar-refractivity contribution is 4.80. The van der Waals surface area contributed by atoms with Gasteiger partial charge in [-0.1, -0.05) is 0 Å². The Balaban J connectivity index is 2.10. The van der Waals surface area contributed by atoms with Gasteiger partial charge in [-0.15, -0.1) is 0 Å². The molecule has 0 spiro atoms. The number of quaternary nitrogens is 1. The zero-order chi connectivity index (χ0) is 11.1. The van der Waals surface area contributed by atoms with Gasteiger partial charge in [0.05, 0.1) is 25.7 Å². The van der Waals surface area contributed by atoms with Crippen LogP contribution >= 0.6 is 0 Å². The highest BCUT2D eigenvalue weighted by atomic mass is 15.5. The fourth-order valence-corrected chi connectivity index (χ4v) is 3.69. The molecule has 2 rings (SSSR count). The van der Waals surface area contributed by atoms with Gasteiger partial charge in [-0.25, -0.2) is 0 Å². The Kier molecular flexibility index (Phi) is 3.09. The van der Waals surface area contributed by atoms with Crippen molar-refractivity contribution in [1.29, 1.82) is 0 Å². The summed E-state index contributed by atoms with van der Waals surface area (Å²) >= 11 is 0. The van der Waals surface area contributed by atoms with Gasteiger partial charge in [0.1, 0.15) is 6.04 Å². The standard InChI is InChI=1S/C13H27N2/c1-11(2)14-7-9-15(12(3)4)8-5-6-13(15)10-14/h11-13H,5-10H2,1-4H3/q+1/t13-,15+/m0/s1. The summed E-state index contributed by atoms with van der Waals surface area (Å²) in [6.07, 6.45) is 2.91. The van der Waals surface area contributed by atoms with Crippen LogP contribution in [0, 0.1) is 0 Å². The van der Waals surface area contributed by atoms with Crippen LogP contribution < -0.4 is 0 Å². The first-order chi connectivity index (χ1) is 7.06. The first kappa shape index (κ1) is 11.4. The van der Waals surface area contributed by atoms with E-state index in [1.165, 1.54) is 43.5 Å². The van der Waals surface area contributed by atoms with Crippen molar-refractivity contribution in [1.82, 2.24) is 4.90 Å². The van der Waals surface area contributed by atoms with Gasteiger partial charge < -0.3 is 4.48 Å². The summed E-state index contributed by atoms with van der Waals surface area (Å²) in [6.45, 7) is 15.0. The minimum Gasteiger partial charge on any atom is -0.317 e. The summed E-state index contributed by atoms with van der Waals surface area (Å²) in [5.41, 5.74) is 0. The second kappa shape index (κ2) is 4.06. The first-order valence-corrected chi connectivity index (χ1v) is 6.67. The van der Waals surface area contributed by atoms with Gasteiger partial charge in [0.15, 0.2) is 0 Å². The summed E-state index contributed by atoms with van der Waals surface area (Å²) in [5, 5.41) is 0. The van der Waals surface area contributed by atoms with Crippen LogP contribution in [0.2, 0.25) is 0 Å². The molecule has 2 heteroatoms. The van der Waals surface area contributed by atoms with E-state index in [2.05, 4.69) is 32.6 Å². The molecular weight excluding hydrogens is 184 g/mol. The van der Waals surface area contributed by atoms with E-state index in [9.17, 15) is 0 Å². The molecule has 0 amide bonds. The molecule has 2 nitrogen and oxygen atoms in total. The maximum atomic E-state index is 2.68. The van der Waals surface area contributed by atoms with Gasteiger partial charge >= 0.3 is 0 Å². The minimum atomic E-state index is 0.736. The number of hydrogen-bond donors (Lipinski definition) is 0. The first-order valence-electron chi connectivity index (χ1n) is 6.67. The van der Waals surface area contributed by atoms with Crippen molar-refractivity contribution in [2.24, 2.45) is 0 Å². The number of fused-ring (bicyclic) bond motifs is 1. The molecule has 0 radical (unpaired) electrons. The van der Waals surface area contributed by atoms with Crippen LogP contribution in [0.3, 0.4) is 0 Å². The number of rotatable bonds is 2. The van der Waals surface area contributed by atoms with E-state index >= 15 is 0 Å². The second-order valence-electron chi connectivity index (χ2n) is 6.03. The predicted molar refractivity (Wildman–Crippen MR) is 64.9 cm³/mol. The lowest BCUT2D eigenvalue weighted by Crippen LogP contribution is -2.66. The average Bonchev–Trinajstić information content (AvgIpc) is 2.60. The molecule has 2 fully saturated rings. The van der Waals surface area contributed by atoms with Crippen molar-refractivity contribution in [2.45, 2.75) is 58.7 Å². The zero-order valence-corrected chi connectivity index (χ0v) is 10.9. The monoisotopic (exact) mass is 211 g/mol. The van der Waals surface area contributed by atoms with E-state index in [0.29, 0.717) is 0 Å². The topological polar surface area (TPSA) is 3.24 Å². The van der Waals surface area contributed by atoms with Crippen molar-refractivity contribution in [3.63, 3.8) is 0 Å². The molecule has 15 heavy (non-hydrogen) atoms. The van der Waals surface area contributed by atoms with Crippen molar-refractivity contribution in [2.75, 3.05) is 26.2 Å². The average molecular weight is 211 g/mol. The van der Waals surface area contributed by atoms with Crippen LogP contribution in [0.15, 0.2) is 0 Å². The molecule has 88 valence electrons. The normalized spacial score (nSPS) is 37.6. The fourth-order valence-electron chi connectivity index (χ4n) is 3.69. The quantitative estimate of drug-likeness (QED) is 0.632. The fraction of sp³-hybridized carbons (Fsp3) is 1.00. The van der Waals surface area contributed by atoms with Gasteiger partial charge in [-0.2, -0.15) is 0 Å². The molecule has 2 aliphatic rings. The van der Waals surface area contributed by atoms with E-state index in [-0.39, 0.29) is 0 Å². The van der Waals surface area contributed by atoms with E-state index in [1.54, 1.807) is 0 Å². The third-order valence-electron chi connectivity index (χ3n) is 4.85. The highest BCUT2D eigenvalue weighted by Gasteiger charge is 2.47. The van der Waals surface area contributed by atoms with E-state index in [4.69, 9.17) is 0 Å². The van der Waals surface area contributed by atoms with Gasteiger partial charge in [-0.05, 0) is 27.7 Å². The van der Waals surface area contributed by atoms with Crippen molar-refractivity contribution < 1.29 is 4.48 Å². The smallest absolute Gasteiger partial charge is 0.102 e. The second-order valence-corrected chi connectivity index (χ2v) is 6.03. The van der Waals surface area contributed by atoms with E-state index in [0.717, 1.165) is 18.1 Å². The molecule has 2 aliphatic heterocycles. The van der Waals surface area contributed by atoms with Gasteiger partial charge in [0, 0.05) is 25.4 Å². The van der Waals surface area contributed by atoms with Crippen LogP contribution in [0.25, 0.3) is 0 Å². The van der Waals surface area contributed by atoms with Crippen molar-refractivity contribution in [3.05, 3.63) is 0 Å². The molecule has 2 heterocycles. The lowest BCUT2D eigenvalue weighted by Gasteiger charge is -2.50. The van der Waals surface area contributed by atoms with Crippen molar-refractivity contribution in [3.8, 4) is 0 Å². The molecule has 0 unspecified atom stereocenters. The van der Waals surface area contributed by atoms with Crippen LogP contribution in [-0.4, -0.2) is 53.7 Å². The molecule has 0 saturated carbocycles. The van der Waals surface area contributed by atoms with Crippen LogP contribution in [-0.2, 0) is 0 Å². The molecule has 2 atom stereocenters. The largest absolute Gasteiger partial charge is 0.317 e. The summed E-state index contributed by atoms with van der Waals surface area (Å²) in [6, 6.07) is 2.49. The molecule has 0 aromatic carbocycles. The van der Waals surface area contributed by atoms with Crippen LogP contribution in [0.5, 0.6) is 0 Å². The molecule has 2 saturated heterocycles. The highest BCUT2D eigenvalue weighted by Crippen LogP contribution is 2.34. The Bertz CT molecular complexity index is 225. The summed E-state index contributed by atoms with van der Waals surface area (Å²) < 4.78 is 1.42. The molecule has 0 aromatic rings. The third kappa shape index (κ3) is 1.83. The Labute approximate surface area is 94.8 Å². The third-order valence-corrected chi connectivity index (χ3v) is 4.85. The maximum Gasteiger partial charge on any atom is 0.102 e. The lowest BCUT2D eigenvalue weighted by atomic mass is 10.1. The summed E-state index contributed by atoms with van der Waals surface area (Å²) in [4.78, 5) is 2.68.